The molecule has 0 fully saturated rings. The Kier molecular flexibility index (Phi) is 8.15. The molecule has 0 aliphatic carbocycles. The Morgan fingerprint density at radius 3 is 1.17 bits per heavy atom. The molecule has 0 atom stereocenters. The van der Waals surface area contributed by atoms with Gasteiger partial charge in [0.25, 0.3) is 0 Å². The minimum atomic E-state index is -0.0268. The summed E-state index contributed by atoms with van der Waals surface area (Å²) in [4.78, 5) is 0. The Morgan fingerprint density at radius 1 is 0.288 bits per heavy atom. The third-order valence-electron chi connectivity index (χ3n) is 10.3. The first-order chi connectivity index (χ1) is 24.6. The molecular weight excluding hydrogens is 611 g/mol. The van der Waals surface area contributed by atoms with Gasteiger partial charge in [0, 0.05) is 10.8 Å². The fourth-order valence-corrected chi connectivity index (χ4v) is 7.56. The molecule has 7 aromatic carbocycles. The molecule has 0 N–H and O–H groups in total. The van der Waals surface area contributed by atoms with Crippen molar-refractivity contribution in [3.8, 4) is 22.3 Å². The molecule has 0 saturated heterocycles. The van der Waals surface area contributed by atoms with Gasteiger partial charge in [-0.05, 0) is 72.8 Å². The summed E-state index contributed by atoms with van der Waals surface area (Å²) >= 11 is 0. The lowest BCUT2D eigenvalue weighted by atomic mass is 9.56. The number of hydrogen-bond donors (Lipinski definition) is 0. The summed E-state index contributed by atoms with van der Waals surface area (Å²) < 4.78 is 6.26. The molecule has 16 heteroatoms. The summed E-state index contributed by atoms with van der Waals surface area (Å²) in [6.07, 6.45) is 0. The largest absolute Gasteiger partial charge is 0.456 e. The van der Waals surface area contributed by atoms with Gasteiger partial charge in [0.1, 0.15) is 129 Å². The van der Waals surface area contributed by atoms with E-state index in [4.69, 9.17) is 122 Å². The normalized spacial score (nSPS) is 11.8. The van der Waals surface area contributed by atoms with Crippen LogP contribution in [-0.4, -0.2) is 118 Å². The second-order valence-electron chi connectivity index (χ2n) is 12.9. The van der Waals surface area contributed by atoms with E-state index in [1.54, 1.807) is 0 Å². The Balaban J connectivity index is 1.69. The van der Waals surface area contributed by atoms with Crippen molar-refractivity contribution in [3.63, 3.8) is 0 Å². The molecule has 1 heterocycles. The third kappa shape index (κ3) is 4.51. The van der Waals surface area contributed by atoms with Crippen molar-refractivity contribution in [2.45, 2.75) is 0 Å². The van der Waals surface area contributed by atoms with Gasteiger partial charge in [-0.1, -0.05) is 73.4 Å². The number of furan rings is 1. The quantitative estimate of drug-likeness (QED) is 0.139. The molecule has 0 aliphatic heterocycles. The van der Waals surface area contributed by atoms with Crippen molar-refractivity contribution in [1.82, 2.24) is 0 Å². The molecule has 8 rings (SSSR count). The summed E-state index contributed by atoms with van der Waals surface area (Å²) in [7, 11) is 99.9. The van der Waals surface area contributed by atoms with E-state index in [0.717, 1.165) is 10.8 Å². The molecule has 0 saturated carbocycles. The first-order valence-electron chi connectivity index (χ1n) is 15.8. The van der Waals surface area contributed by atoms with Crippen LogP contribution in [0.25, 0.3) is 76.5 Å². The maximum atomic E-state index is 7.02. The van der Waals surface area contributed by atoms with Gasteiger partial charge < -0.3 is 4.42 Å². The van der Waals surface area contributed by atoms with Crippen LogP contribution in [0, 0.1) is 0 Å². The number of benzene rings is 7. The van der Waals surface area contributed by atoms with Crippen molar-refractivity contribution >= 4 is 254 Å². The number of rotatable bonds is 2. The van der Waals surface area contributed by atoms with Gasteiger partial charge in [-0.15, -0.1) is 32.8 Å². The van der Waals surface area contributed by atoms with Crippen LogP contribution in [0.3, 0.4) is 0 Å². The van der Waals surface area contributed by atoms with Gasteiger partial charge in [0.15, 0.2) is 0 Å². The van der Waals surface area contributed by atoms with Crippen LogP contribution in [0.2, 0.25) is 0 Å². The zero-order valence-electron chi connectivity index (χ0n) is 27.6. The van der Waals surface area contributed by atoms with Crippen LogP contribution in [0.4, 0.5) is 0 Å². The minimum Gasteiger partial charge on any atom is -0.456 e. The standard InChI is InChI=1S/C36H7B15O/c37-22-19(27(42)28(43)21-20(22)29(44)35(50)36(51)30(21)45)14-17-15(23(38)31(46)33(48)25(17)40)13(16-18(14)26(41)34(49)32(47)24(16)39)8-5-6-10-9-3-1-2-4-11(9)52-12(10)7-8/h1-7H. The number of hydrogen-bond acceptors (Lipinski definition) is 1. The monoisotopic (exact) mass is 620 g/mol. The first-order valence-corrected chi connectivity index (χ1v) is 15.8. The fourth-order valence-electron chi connectivity index (χ4n) is 7.56. The topological polar surface area (TPSA) is 13.1 Å². The smallest absolute Gasteiger partial charge is 0.136 e. The zero-order chi connectivity index (χ0) is 37.4. The average molecular weight is 618 g/mol. The van der Waals surface area contributed by atoms with Crippen molar-refractivity contribution in [3.05, 3.63) is 42.5 Å². The van der Waals surface area contributed by atoms with Crippen LogP contribution in [0.15, 0.2) is 46.9 Å². The van der Waals surface area contributed by atoms with Crippen molar-refractivity contribution in [2.24, 2.45) is 0 Å². The predicted octanol–water partition coefficient (Wildman–Crippen LogP) is -7.71. The fraction of sp³-hybridized carbons (Fsp3) is 0. The molecule has 8 aromatic rings. The molecule has 1 aromatic heterocycles. The van der Waals surface area contributed by atoms with Gasteiger partial charge in [0.05, 0.1) is 0 Å². The molecular formula is C36H7B15O. The Hall–Kier alpha value is -3.91. The lowest BCUT2D eigenvalue weighted by molar-refractivity contribution is 0.669. The summed E-state index contributed by atoms with van der Waals surface area (Å²) in [5.41, 5.74) is 2.98. The van der Waals surface area contributed by atoms with Crippen LogP contribution in [-0.2, 0) is 0 Å². The molecule has 0 unspecified atom stereocenters. The summed E-state index contributed by atoms with van der Waals surface area (Å²) in [5.74, 6) is 0. The van der Waals surface area contributed by atoms with Crippen molar-refractivity contribution in [1.29, 1.82) is 0 Å². The lowest BCUT2D eigenvalue weighted by Crippen LogP contribution is -2.52. The maximum absolute atomic E-state index is 7.02. The van der Waals surface area contributed by atoms with E-state index >= 15 is 0 Å². The van der Waals surface area contributed by atoms with Crippen LogP contribution in [0.5, 0.6) is 0 Å². The van der Waals surface area contributed by atoms with E-state index in [9.17, 15) is 0 Å². The molecule has 1 nitrogen and oxygen atoms in total. The number of fused-ring (bicyclic) bond motifs is 6. The Labute approximate surface area is 321 Å². The summed E-state index contributed by atoms with van der Waals surface area (Å²) in [5, 5.41) is 3.39. The van der Waals surface area contributed by atoms with E-state index in [-0.39, 0.29) is 115 Å². The summed E-state index contributed by atoms with van der Waals surface area (Å²) in [6.45, 7) is 0. The molecule has 0 spiro atoms. The van der Waals surface area contributed by atoms with Gasteiger partial charge in [0.2, 0.25) is 0 Å². The Bertz CT molecular complexity index is 2890. The maximum Gasteiger partial charge on any atom is 0.136 e. The second-order valence-corrected chi connectivity index (χ2v) is 12.9. The highest BCUT2D eigenvalue weighted by Gasteiger charge is 2.27. The van der Waals surface area contributed by atoms with Crippen LogP contribution in [0.1, 0.15) is 0 Å². The minimum absolute atomic E-state index is 0.000539. The zero-order valence-corrected chi connectivity index (χ0v) is 27.6. The summed E-state index contributed by atoms with van der Waals surface area (Å²) in [6, 6.07) is 13.3. The molecule has 52 heavy (non-hydrogen) atoms. The molecule has 0 amide bonds. The predicted molar refractivity (Wildman–Crippen MR) is 238 cm³/mol. The van der Waals surface area contributed by atoms with Crippen molar-refractivity contribution < 1.29 is 4.42 Å². The molecule has 0 aliphatic rings. The van der Waals surface area contributed by atoms with Crippen molar-refractivity contribution in [2.75, 3.05) is 0 Å². The lowest BCUT2D eigenvalue weighted by Gasteiger charge is -2.31. The van der Waals surface area contributed by atoms with Crippen LogP contribution < -0.4 is 81.9 Å². The van der Waals surface area contributed by atoms with Gasteiger partial charge >= 0.3 is 0 Å². The van der Waals surface area contributed by atoms with Gasteiger partial charge in [-0.2, -0.15) is 0 Å². The van der Waals surface area contributed by atoms with E-state index in [1.807, 2.05) is 42.5 Å². The van der Waals surface area contributed by atoms with Crippen LogP contribution >= 0.6 is 0 Å². The third-order valence-corrected chi connectivity index (χ3v) is 10.3. The van der Waals surface area contributed by atoms with E-state index in [0.29, 0.717) is 33.1 Å². The van der Waals surface area contributed by atoms with Gasteiger partial charge in [-0.3, -0.25) is 0 Å². The molecule has 0 bridgehead atoms. The van der Waals surface area contributed by atoms with E-state index < -0.39 is 0 Å². The Morgan fingerprint density at radius 2 is 0.673 bits per heavy atom. The van der Waals surface area contributed by atoms with E-state index in [1.165, 1.54) is 0 Å². The highest BCUT2D eigenvalue weighted by atomic mass is 16.3. The first kappa shape index (κ1) is 35.1. The van der Waals surface area contributed by atoms with Gasteiger partial charge in [-0.25, -0.2) is 0 Å². The number of para-hydroxylation sites is 1. The average Bonchev–Trinajstić information content (AvgIpc) is 3.51. The van der Waals surface area contributed by atoms with E-state index in [2.05, 4.69) is 0 Å². The second kappa shape index (κ2) is 12.1. The highest BCUT2D eigenvalue weighted by molar-refractivity contribution is 6.75. The highest BCUT2D eigenvalue weighted by Crippen LogP contribution is 2.41. The SMILES string of the molecule is [B]c1c([B])c([B])c2c([B])c(-c3c4c([B])c([B])c([B])c([B])c4c(-c4ccc5c(c4)oc4ccccc45)c4c([B])c([B])c([B])c([B])c34)c([B])c([B])c2c1[B]. The molecule has 202 valence electrons. The molecule has 30 radical (unpaired) electrons.